The van der Waals surface area contributed by atoms with E-state index in [4.69, 9.17) is 26.3 Å². The predicted octanol–water partition coefficient (Wildman–Crippen LogP) is 7.27. The number of rotatable bonds is 7. The van der Waals surface area contributed by atoms with E-state index in [1.807, 2.05) is 76.4 Å². The fourth-order valence-electron chi connectivity index (χ4n) is 6.07. The van der Waals surface area contributed by atoms with Gasteiger partial charge in [0.25, 0.3) is 10.0 Å². The smallest absolute Gasteiger partial charge is 0.410 e. The number of halogens is 1. The molecular weight excluding hydrogens is 686 g/mol. The average Bonchev–Trinajstić information content (AvgIpc) is 3.72. The van der Waals surface area contributed by atoms with Crippen LogP contribution in [0.5, 0.6) is 0 Å². The van der Waals surface area contributed by atoms with E-state index in [0.717, 1.165) is 33.6 Å². The largest absolute Gasteiger partial charge is 0.444 e. The third-order valence-electron chi connectivity index (χ3n) is 8.70. The molecule has 2 aromatic carbocycles. The molecule has 1 amide bonds. The standard InChI is InChI=1S/C38H38ClN7O4S/c1-26-8-11-32(12-9-26)51(48,49)46-25-34(30-22-42-45(24-30)23-27-6-5-7-31(39)18-27)33-19-29(21-41-36(33)46)28-10-13-35(40-20-28)43-14-16-44(17-15-43)37(47)50-38(2,3)4/h5-13,18-22,24-25H,14-17,23H2,1-4H3. The molecule has 0 spiro atoms. The van der Waals surface area contributed by atoms with Crippen LogP contribution in [0.4, 0.5) is 10.6 Å². The molecule has 1 saturated heterocycles. The number of pyridine rings is 2. The first kappa shape index (κ1) is 34.3. The molecule has 262 valence electrons. The molecule has 0 radical (unpaired) electrons. The maximum atomic E-state index is 14.0. The number of amides is 1. The highest BCUT2D eigenvalue weighted by Gasteiger charge is 2.27. The Bertz CT molecular complexity index is 2320. The summed E-state index contributed by atoms with van der Waals surface area (Å²) in [6.07, 6.45) is 8.41. The van der Waals surface area contributed by atoms with Crippen LogP contribution in [0.2, 0.25) is 5.02 Å². The summed E-state index contributed by atoms with van der Waals surface area (Å²) < 4.78 is 36.6. The van der Waals surface area contributed by atoms with Crippen molar-refractivity contribution in [3.8, 4) is 22.3 Å². The Kier molecular flexibility index (Phi) is 9.07. The van der Waals surface area contributed by atoms with Crippen molar-refractivity contribution in [1.82, 2.24) is 28.6 Å². The van der Waals surface area contributed by atoms with Crippen LogP contribution in [-0.4, -0.2) is 74.9 Å². The molecule has 0 saturated carbocycles. The van der Waals surface area contributed by atoms with E-state index in [1.54, 1.807) is 58.6 Å². The van der Waals surface area contributed by atoms with Crippen LogP contribution in [-0.2, 0) is 21.3 Å². The van der Waals surface area contributed by atoms with Gasteiger partial charge < -0.3 is 14.5 Å². The number of carbonyl (C=O) groups excluding carboxylic acids is 1. The molecule has 7 rings (SSSR count). The number of hydrogen-bond acceptors (Lipinski definition) is 8. The fraction of sp³-hybridized carbons (Fsp3) is 0.263. The zero-order valence-electron chi connectivity index (χ0n) is 28.8. The number of carbonyl (C=O) groups is 1. The van der Waals surface area contributed by atoms with E-state index in [1.165, 1.54) is 3.97 Å². The average molecular weight is 724 g/mol. The van der Waals surface area contributed by atoms with Gasteiger partial charge in [0.2, 0.25) is 0 Å². The van der Waals surface area contributed by atoms with Crippen molar-refractivity contribution in [2.24, 2.45) is 0 Å². The van der Waals surface area contributed by atoms with Crippen molar-refractivity contribution in [2.75, 3.05) is 31.1 Å². The number of anilines is 1. The zero-order valence-corrected chi connectivity index (χ0v) is 30.4. The highest BCUT2D eigenvalue weighted by atomic mass is 35.5. The van der Waals surface area contributed by atoms with Crippen LogP contribution >= 0.6 is 11.6 Å². The summed E-state index contributed by atoms with van der Waals surface area (Å²) in [7, 11) is -3.97. The number of piperazine rings is 1. The van der Waals surface area contributed by atoms with E-state index in [9.17, 15) is 13.2 Å². The van der Waals surface area contributed by atoms with Gasteiger partial charge in [0, 0.05) is 83.6 Å². The van der Waals surface area contributed by atoms with Crippen molar-refractivity contribution in [3.05, 3.63) is 114 Å². The van der Waals surface area contributed by atoms with Gasteiger partial charge in [0.1, 0.15) is 11.4 Å². The van der Waals surface area contributed by atoms with E-state index in [2.05, 4.69) is 10.00 Å². The molecule has 1 fully saturated rings. The molecule has 4 aromatic heterocycles. The third kappa shape index (κ3) is 7.33. The molecule has 0 bridgehead atoms. The molecule has 11 nitrogen and oxygen atoms in total. The van der Waals surface area contributed by atoms with Gasteiger partial charge in [-0.1, -0.05) is 41.4 Å². The molecule has 1 aliphatic rings. The summed E-state index contributed by atoms with van der Waals surface area (Å²) in [5, 5.41) is 5.88. The first-order chi connectivity index (χ1) is 24.3. The fourth-order valence-corrected chi connectivity index (χ4v) is 7.61. The van der Waals surface area contributed by atoms with Crippen LogP contribution < -0.4 is 4.90 Å². The second-order valence-electron chi connectivity index (χ2n) is 13.7. The third-order valence-corrected chi connectivity index (χ3v) is 10.6. The number of ether oxygens (including phenoxy) is 1. The van der Waals surface area contributed by atoms with Crippen molar-refractivity contribution < 1.29 is 17.9 Å². The molecule has 0 N–H and O–H groups in total. The Morgan fingerprint density at radius 1 is 0.863 bits per heavy atom. The van der Waals surface area contributed by atoms with E-state index in [0.29, 0.717) is 54.3 Å². The topological polar surface area (TPSA) is 115 Å². The highest BCUT2D eigenvalue weighted by molar-refractivity contribution is 7.90. The molecule has 5 heterocycles. The number of hydrogen-bond donors (Lipinski definition) is 0. The first-order valence-corrected chi connectivity index (χ1v) is 18.5. The first-order valence-electron chi connectivity index (χ1n) is 16.6. The van der Waals surface area contributed by atoms with Gasteiger partial charge >= 0.3 is 6.09 Å². The lowest BCUT2D eigenvalue weighted by Gasteiger charge is -2.36. The minimum Gasteiger partial charge on any atom is -0.444 e. The highest BCUT2D eigenvalue weighted by Crippen LogP contribution is 2.35. The molecule has 6 aromatic rings. The Labute approximate surface area is 302 Å². The summed E-state index contributed by atoms with van der Waals surface area (Å²) >= 11 is 6.21. The SMILES string of the molecule is Cc1ccc(S(=O)(=O)n2cc(-c3cnn(Cc4cccc(Cl)c4)c3)c3cc(-c4ccc(N5CCN(C(=O)OC(C)(C)C)CC5)nc4)cnc32)cc1. The van der Waals surface area contributed by atoms with Gasteiger partial charge in [-0.2, -0.15) is 5.10 Å². The Hall–Kier alpha value is -5.20. The summed E-state index contributed by atoms with van der Waals surface area (Å²) in [4.78, 5) is 26.0. The minimum atomic E-state index is -3.97. The predicted molar refractivity (Wildman–Crippen MR) is 199 cm³/mol. The van der Waals surface area contributed by atoms with Crippen LogP contribution in [0.3, 0.4) is 0 Å². The zero-order chi connectivity index (χ0) is 35.9. The summed E-state index contributed by atoms with van der Waals surface area (Å²) in [5.41, 5.74) is 4.77. The van der Waals surface area contributed by atoms with Crippen molar-refractivity contribution >= 4 is 44.6 Å². The Morgan fingerprint density at radius 2 is 1.61 bits per heavy atom. The number of fused-ring (bicyclic) bond motifs is 1. The van der Waals surface area contributed by atoms with Gasteiger partial charge in [-0.3, -0.25) is 4.68 Å². The van der Waals surface area contributed by atoms with Crippen molar-refractivity contribution in [2.45, 2.75) is 44.7 Å². The van der Waals surface area contributed by atoms with Gasteiger partial charge in [-0.05, 0) is 75.7 Å². The molecule has 0 atom stereocenters. The lowest BCUT2D eigenvalue weighted by molar-refractivity contribution is 0.0240. The number of nitrogens with zero attached hydrogens (tertiary/aromatic N) is 7. The molecule has 0 aliphatic carbocycles. The minimum absolute atomic E-state index is 0.172. The molecule has 0 unspecified atom stereocenters. The van der Waals surface area contributed by atoms with E-state index >= 15 is 0 Å². The second-order valence-corrected chi connectivity index (χ2v) is 15.9. The summed E-state index contributed by atoms with van der Waals surface area (Å²) in [6, 6.07) is 20.3. The van der Waals surface area contributed by atoms with Crippen molar-refractivity contribution in [3.63, 3.8) is 0 Å². The molecule has 1 aliphatic heterocycles. The number of aryl methyl sites for hydroxylation is 1. The van der Waals surface area contributed by atoms with E-state index in [-0.39, 0.29) is 11.0 Å². The molecular formula is C38H38ClN7O4S. The van der Waals surface area contributed by atoms with Crippen LogP contribution in [0, 0.1) is 6.92 Å². The van der Waals surface area contributed by atoms with Crippen molar-refractivity contribution in [1.29, 1.82) is 0 Å². The summed E-state index contributed by atoms with van der Waals surface area (Å²) in [6.45, 7) is 10.4. The lowest BCUT2D eigenvalue weighted by Crippen LogP contribution is -2.50. The maximum Gasteiger partial charge on any atom is 0.410 e. The molecule has 13 heteroatoms. The number of benzene rings is 2. The van der Waals surface area contributed by atoms with Gasteiger partial charge in [0.15, 0.2) is 5.65 Å². The van der Waals surface area contributed by atoms with Gasteiger partial charge in [0.05, 0.1) is 17.6 Å². The molecule has 51 heavy (non-hydrogen) atoms. The Balaban J connectivity index is 1.20. The second kappa shape index (κ2) is 13.5. The van der Waals surface area contributed by atoms with Gasteiger partial charge in [-0.25, -0.2) is 27.2 Å². The lowest BCUT2D eigenvalue weighted by atomic mass is 10.1. The quantitative estimate of drug-likeness (QED) is 0.169. The van der Waals surface area contributed by atoms with Crippen LogP contribution in [0.25, 0.3) is 33.3 Å². The number of aromatic nitrogens is 5. The van der Waals surface area contributed by atoms with Crippen LogP contribution in [0.1, 0.15) is 31.9 Å². The van der Waals surface area contributed by atoms with E-state index < -0.39 is 15.6 Å². The van der Waals surface area contributed by atoms with Crippen LogP contribution in [0.15, 0.2) is 103 Å². The monoisotopic (exact) mass is 723 g/mol. The maximum absolute atomic E-state index is 14.0. The summed E-state index contributed by atoms with van der Waals surface area (Å²) in [5.74, 6) is 0.805. The normalized spacial score (nSPS) is 13.9. The van der Waals surface area contributed by atoms with Gasteiger partial charge in [-0.15, -0.1) is 0 Å². The Morgan fingerprint density at radius 3 is 2.29 bits per heavy atom.